The molecule has 4 nitrogen and oxygen atoms in total. The summed E-state index contributed by atoms with van der Waals surface area (Å²) < 4.78 is 2.40. The molecule has 168 valence electrons. The fourth-order valence-corrected chi connectivity index (χ4v) is 4.60. The number of unbranched alkanes of at least 4 members (excludes halogenated alkanes) is 1. The predicted molar refractivity (Wildman–Crippen MR) is 137 cm³/mol. The largest absolute Gasteiger partial charge is 0.334 e. The molecule has 0 radical (unpaired) electrons. The van der Waals surface area contributed by atoms with Gasteiger partial charge in [-0.2, -0.15) is 0 Å². The number of para-hydroxylation sites is 1. The lowest BCUT2D eigenvalue weighted by atomic mass is 10.1. The molecule has 0 aliphatic rings. The van der Waals surface area contributed by atoms with E-state index < -0.39 is 0 Å². The normalized spacial score (nSPS) is 11.8. The van der Waals surface area contributed by atoms with Gasteiger partial charge in [0, 0.05) is 40.6 Å². The second kappa shape index (κ2) is 11.0. The van der Waals surface area contributed by atoms with E-state index in [0.29, 0.717) is 0 Å². The van der Waals surface area contributed by atoms with Gasteiger partial charge in [-0.15, -0.1) is 0 Å². The van der Waals surface area contributed by atoms with E-state index in [1.165, 1.54) is 46.8 Å². The number of rotatable bonds is 11. The van der Waals surface area contributed by atoms with Crippen LogP contribution in [0.4, 0.5) is 0 Å². The van der Waals surface area contributed by atoms with Gasteiger partial charge in [0.15, 0.2) is 0 Å². The third kappa shape index (κ3) is 5.15. The van der Waals surface area contributed by atoms with Crippen molar-refractivity contribution in [1.82, 2.24) is 19.8 Å². The molecule has 0 spiro atoms. The Kier molecular flexibility index (Phi) is 7.80. The molecule has 2 heterocycles. The molecule has 5 heteroatoms. The van der Waals surface area contributed by atoms with Crippen molar-refractivity contribution in [3.63, 3.8) is 0 Å². The molecule has 0 aliphatic carbocycles. The summed E-state index contributed by atoms with van der Waals surface area (Å²) in [5, 5.41) is 6.95. The summed E-state index contributed by atoms with van der Waals surface area (Å²) in [7, 11) is 0. The maximum atomic E-state index is 6.11. The van der Waals surface area contributed by atoms with Crippen LogP contribution in [-0.4, -0.2) is 40.6 Å². The van der Waals surface area contributed by atoms with Gasteiger partial charge in [-0.05, 0) is 68.8 Å². The topological polar surface area (TPSA) is 33.1 Å². The molecular weight excluding hydrogens is 416 g/mol. The van der Waals surface area contributed by atoms with Crippen LogP contribution in [0.15, 0.2) is 60.8 Å². The van der Waals surface area contributed by atoms with Gasteiger partial charge < -0.3 is 14.8 Å². The van der Waals surface area contributed by atoms with E-state index in [0.717, 1.165) is 43.4 Å². The maximum absolute atomic E-state index is 6.11. The first-order valence-electron chi connectivity index (χ1n) is 11.7. The summed E-state index contributed by atoms with van der Waals surface area (Å²) >= 11 is 6.11. The highest BCUT2D eigenvalue weighted by Crippen LogP contribution is 2.31. The molecule has 0 amide bonds. The van der Waals surface area contributed by atoms with Gasteiger partial charge in [0.1, 0.15) is 0 Å². The molecule has 4 rings (SSSR count). The van der Waals surface area contributed by atoms with Crippen LogP contribution in [0.25, 0.3) is 21.8 Å². The summed E-state index contributed by atoms with van der Waals surface area (Å²) in [6, 6.07) is 18.9. The highest BCUT2D eigenvalue weighted by atomic mass is 35.5. The van der Waals surface area contributed by atoms with E-state index in [4.69, 9.17) is 16.6 Å². The monoisotopic (exact) mass is 448 g/mol. The molecule has 4 aromatic rings. The van der Waals surface area contributed by atoms with Crippen LogP contribution >= 0.6 is 11.6 Å². The van der Waals surface area contributed by atoms with E-state index >= 15 is 0 Å². The van der Waals surface area contributed by atoms with Crippen molar-refractivity contribution in [2.75, 3.05) is 26.2 Å². The Bertz CT molecular complexity index is 1150. The molecule has 0 aliphatic heterocycles. The zero-order valence-corrected chi connectivity index (χ0v) is 19.9. The summed E-state index contributed by atoms with van der Waals surface area (Å²) in [5.74, 6) is 0. The van der Waals surface area contributed by atoms with Crippen LogP contribution in [0.1, 0.15) is 37.9 Å². The average molecular weight is 449 g/mol. The minimum atomic E-state index is 0.767. The number of hydrogen-bond donors (Lipinski definition) is 1. The van der Waals surface area contributed by atoms with Gasteiger partial charge in [0.2, 0.25) is 0 Å². The van der Waals surface area contributed by atoms with Crippen LogP contribution in [0.3, 0.4) is 0 Å². The number of aromatic nitrogens is 2. The van der Waals surface area contributed by atoms with Gasteiger partial charge in [-0.25, -0.2) is 0 Å². The second-order valence-electron chi connectivity index (χ2n) is 8.29. The van der Waals surface area contributed by atoms with Gasteiger partial charge in [-0.3, -0.25) is 4.98 Å². The number of benzene rings is 2. The number of hydrogen-bond acceptors (Lipinski definition) is 3. The van der Waals surface area contributed by atoms with Crippen molar-refractivity contribution >= 4 is 33.4 Å². The minimum absolute atomic E-state index is 0.767. The molecule has 2 aromatic carbocycles. The molecule has 0 saturated heterocycles. The molecule has 0 fully saturated rings. The summed E-state index contributed by atoms with van der Waals surface area (Å²) in [4.78, 5) is 7.26. The molecule has 32 heavy (non-hydrogen) atoms. The fraction of sp³-hybridized carbons (Fsp3) is 0.370. The van der Waals surface area contributed by atoms with Crippen molar-refractivity contribution in [2.24, 2.45) is 0 Å². The van der Waals surface area contributed by atoms with Crippen molar-refractivity contribution in [1.29, 1.82) is 0 Å². The SMILES string of the molecule is CCN(CC)CCCCNCc1nccc2c3ccccc3n(Cc3ccc(Cl)cc3)c12. The quantitative estimate of drug-likeness (QED) is 0.281. The van der Waals surface area contributed by atoms with Gasteiger partial charge in [-0.1, -0.05) is 55.8 Å². The van der Waals surface area contributed by atoms with Gasteiger partial charge in [0.05, 0.1) is 11.2 Å². The lowest BCUT2D eigenvalue weighted by molar-refractivity contribution is 0.296. The first-order chi connectivity index (χ1) is 15.7. The van der Waals surface area contributed by atoms with E-state index in [1.54, 1.807) is 0 Å². The molecule has 0 atom stereocenters. The van der Waals surface area contributed by atoms with Crippen molar-refractivity contribution in [3.05, 3.63) is 77.1 Å². The Balaban J connectivity index is 1.55. The van der Waals surface area contributed by atoms with E-state index in [2.05, 4.69) is 71.1 Å². The zero-order chi connectivity index (χ0) is 22.3. The summed E-state index contributed by atoms with van der Waals surface area (Å²) in [6.45, 7) is 10.5. The van der Waals surface area contributed by atoms with Gasteiger partial charge in [0.25, 0.3) is 0 Å². The smallest absolute Gasteiger partial charge is 0.0784 e. The molecule has 0 saturated carbocycles. The Morgan fingerprint density at radius 3 is 2.50 bits per heavy atom. The van der Waals surface area contributed by atoms with Crippen LogP contribution in [-0.2, 0) is 13.1 Å². The number of nitrogens with one attached hydrogen (secondary N) is 1. The van der Waals surface area contributed by atoms with E-state index in [1.807, 2.05) is 18.3 Å². The predicted octanol–water partition coefficient (Wildman–Crippen LogP) is 6.10. The van der Waals surface area contributed by atoms with Crippen LogP contribution < -0.4 is 5.32 Å². The molecule has 1 N–H and O–H groups in total. The minimum Gasteiger partial charge on any atom is -0.334 e. The maximum Gasteiger partial charge on any atom is 0.0784 e. The van der Waals surface area contributed by atoms with Gasteiger partial charge >= 0.3 is 0 Å². The van der Waals surface area contributed by atoms with E-state index in [-0.39, 0.29) is 0 Å². The van der Waals surface area contributed by atoms with Crippen molar-refractivity contribution < 1.29 is 0 Å². The van der Waals surface area contributed by atoms with Crippen LogP contribution in [0.5, 0.6) is 0 Å². The Morgan fingerprint density at radius 1 is 0.938 bits per heavy atom. The summed E-state index contributed by atoms with van der Waals surface area (Å²) in [6.07, 6.45) is 4.35. The molecule has 0 unspecified atom stereocenters. The Labute approximate surface area is 196 Å². The zero-order valence-electron chi connectivity index (χ0n) is 19.1. The molecule has 0 bridgehead atoms. The highest BCUT2D eigenvalue weighted by Gasteiger charge is 2.15. The Hall–Kier alpha value is -2.40. The number of pyridine rings is 1. The lowest BCUT2D eigenvalue weighted by Crippen LogP contribution is -2.25. The Morgan fingerprint density at radius 2 is 1.72 bits per heavy atom. The van der Waals surface area contributed by atoms with Crippen molar-refractivity contribution in [2.45, 2.75) is 39.8 Å². The second-order valence-corrected chi connectivity index (χ2v) is 8.73. The third-order valence-electron chi connectivity index (χ3n) is 6.27. The summed E-state index contributed by atoms with van der Waals surface area (Å²) in [5.41, 5.74) is 4.80. The van der Waals surface area contributed by atoms with Crippen LogP contribution in [0, 0.1) is 0 Å². The fourth-order valence-electron chi connectivity index (χ4n) is 4.47. The lowest BCUT2D eigenvalue weighted by Gasteiger charge is -2.17. The first-order valence-corrected chi connectivity index (χ1v) is 12.1. The number of halogens is 1. The number of nitrogens with zero attached hydrogens (tertiary/aromatic N) is 3. The third-order valence-corrected chi connectivity index (χ3v) is 6.53. The van der Waals surface area contributed by atoms with Crippen molar-refractivity contribution in [3.8, 4) is 0 Å². The molecular formula is C27H33ClN4. The first kappa shape index (κ1) is 22.8. The van der Waals surface area contributed by atoms with E-state index in [9.17, 15) is 0 Å². The average Bonchev–Trinajstić information content (AvgIpc) is 3.14. The standard InChI is InChI=1S/C27H33ClN4/c1-3-31(4-2)18-8-7-16-29-19-25-27-24(15-17-30-25)23-9-5-6-10-26(23)32(27)20-21-11-13-22(28)14-12-21/h5-6,9-15,17,29H,3-4,7-8,16,18-20H2,1-2H3. The van der Waals surface area contributed by atoms with Crippen LogP contribution in [0.2, 0.25) is 5.02 Å². The molecule has 2 aromatic heterocycles. The highest BCUT2D eigenvalue weighted by molar-refractivity contribution is 6.30. The number of fused-ring (bicyclic) bond motifs is 3.